The highest BCUT2D eigenvalue weighted by molar-refractivity contribution is 9.10. The van der Waals surface area contributed by atoms with Crippen molar-refractivity contribution in [3.05, 3.63) is 52.0 Å². The molecule has 0 radical (unpaired) electrons. The molecule has 2 rings (SSSR count). The zero-order chi connectivity index (χ0) is 19.2. The first-order valence-corrected chi connectivity index (χ1v) is 10.5. The summed E-state index contributed by atoms with van der Waals surface area (Å²) in [5.41, 5.74) is 2.11. The SMILES string of the molecule is CCOc1c(Br)cc(CNCCc2ccc(S(N)(=O)=O)cc2)cc1OC. The number of hydrogen-bond donors (Lipinski definition) is 2. The minimum Gasteiger partial charge on any atom is -0.493 e. The first-order valence-electron chi connectivity index (χ1n) is 8.16. The van der Waals surface area contributed by atoms with E-state index in [1.165, 1.54) is 12.1 Å². The molecule has 0 heterocycles. The Morgan fingerprint density at radius 2 is 1.85 bits per heavy atom. The number of primary sulfonamides is 1. The maximum Gasteiger partial charge on any atom is 0.238 e. The molecule has 2 aromatic rings. The summed E-state index contributed by atoms with van der Waals surface area (Å²) in [6.07, 6.45) is 0.778. The summed E-state index contributed by atoms with van der Waals surface area (Å²) in [5, 5.41) is 8.46. The van der Waals surface area contributed by atoms with Gasteiger partial charge in [0.05, 0.1) is 23.1 Å². The average molecular weight is 443 g/mol. The third-order valence-electron chi connectivity index (χ3n) is 3.75. The van der Waals surface area contributed by atoms with E-state index in [9.17, 15) is 8.42 Å². The van der Waals surface area contributed by atoms with E-state index < -0.39 is 10.0 Å². The van der Waals surface area contributed by atoms with E-state index in [0.717, 1.165) is 28.6 Å². The number of ether oxygens (including phenoxy) is 2. The van der Waals surface area contributed by atoms with Gasteiger partial charge in [-0.05, 0) is 71.2 Å². The van der Waals surface area contributed by atoms with Crippen molar-refractivity contribution in [3.8, 4) is 11.5 Å². The van der Waals surface area contributed by atoms with Crippen LogP contribution in [0.5, 0.6) is 11.5 Å². The van der Waals surface area contributed by atoms with Gasteiger partial charge in [0.15, 0.2) is 11.5 Å². The molecule has 0 spiro atoms. The maximum atomic E-state index is 11.2. The molecule has 0 aliphatic rings. The Hall–Kier alpha value is -1.61. The van der Waals surface area contributed by atoms with Gasteiger partial charge in [-0.2, -0.15) is 0 Å². The maximum absolute atomic E-state index is 11.2. The Bertz CT molecular complexity index is 839. The van der Waals surface area contributed by atoms with Crippen LogP contribution in [0.4, 0.5) is 0 Å². The van der Waals surface area contributed by atoms with Crippen molar-refractivity contribution < 1.29 is 17.9 Å². The zero-order valence-corrected chi connectivity index (χ0v) is 17.2. The normalized spacial score (nSPS) is 11.4. The lowest BCUT2D eigenvalue weighted by atomic mass is 10.1. The van der Waals surface area contributed by atoms with Crippen molar-refractivity contribution >= 4 is 26.0 Å². The number of nitrogens with two attached hydrogens (primary N) is 1. The molecule has 2 aromatic carbocycles. The Morgan fingerprint density at radius 1 is 1.15 bits per heavy atom. The van der Waals surface area contributed by atoms with Gasteiger partial charge in [0.1, 0.15) is 0 Å². The van der Waals surface area contributed by atoms with Gasteiger partial charge in [-0.1, -0.05) is 12.1 Å². The number of rotatable bonds is 9. The summed E-state index contributed by atoms with van der Waals surface area (Å²) in [4.78, 5) is 0.126. The van der Waals surface area contributed by atoms with Crippen molar-refractivity contribution in [2.45, 2.75) is 24.8 Å². The predicted octanol–water partition coefficient (Wildman–Crippen LogP) is 2.84. The van der Waals surface area contributed by atoms with E-state index in [0.29, 0.717) is 24.7 Å². The van der Waals surface area contributed by atoms with Crippen LogP contribution in [0, 0.1) is 0 Å². The molecular formula is C18H23BrN2O4S. The highest BCUT2D eigenvalue weighted by Crippen LogP contribution is 2.36. The number of methoxy groups -OCH3 is 1. The number of halogens is 1. The molecule has 0 aliphatic carbocycles. The van der Waals surface area contributed by atoms with Gasteiger partial charge in [-0.3, -0.25) is 0 Å². The quantitative estimate of drug-likeness (QED) is 0.582. The van der Waals surface area contributed by atoms with Gasteiger partial charge >= 0.3 is 0 Å². The van der Waals surface area contributed by atoms with Gasteiger partial charge < -0.3 is 14.8 Å². The molecule has 0 amide bonds. The highest BCUT2D eigenvalue weighted by atomic mass is 79.9. The lowest BCUT2D eigenvalue weighted by Crippen LogP contribution is -2.17. The molecule has 0 atom stereocenters. The van der Waals surface area contributed by atoms with Crippen LogP contribution in [0.15, 0.2) is 45.8 Å². The van der Waals surface area contributed by atoms with Crippen LogP contribution >= 0.6 is 15.9 Å². The fourth-order valence-electron chi connectivity index (χ4n) is 2.47. The van der Waals surface area contributed by atoms with Gasteiger partial charge in [-0.15, -0.1) is 0 Å². The number of hydrogen-bond acceptors (Lipinski definition) is 5. The summed E-state index contributed by atoms with van der Waals surface area (Å²) < 4.78 is 34.3. The van der Waals surface area contributed by atoms with Crippen LogP contribution in [0.25, 0.3) is 0 Å². The summed E-state index contributed by atoms with van der Waals surface area (Å²) in [6.45, 7) is 3.92. The summed E-state index contributed by atoms with van der Waals surface area (Å²) in [5.74, 6) is 1.39. The van der Waals surface area contributed by atoms with Crippen molar-refractivity contribution in [1.29, 1.82) is 0 Å². The van der Waals surface area contributed by atoms with Crippen molar-refractivity contribution in [2.75, 3.05) is 20.3 Å². The minimum atomic E-state index is -3.64. The lowest BCUT2D eigenvalue weighted by Gasteiger charge is -2.14. The molecule has 0 saturated heterocycles. The van der Waals surface area contributed by atoms with E-state index in [1.807, 2.05) is 19.1 Å². The van der Waals surface area contributed by atoms with Crippen LogP contribution in [-0.4, -0.2) is 28.7 Å². The monoisotopic (exact) mass is 442 g/mol. The van der Waals surface area contributed by atoms with E-state index in [-0.39, 0.29) is 4.90 Å². The highest BCUT2D eigenvalue weighted by Gasteiger charge is 2.11. The standard InChI is InChI=1S/C18H23BrN2O4S/c1-3-25-18-16(19)10-14(11-17(18)24-2)12-21-9-8-13-4-6-15(7-5-13)26(20,22)23/h4-7,10-11,21H,3,8-9,12H2,1-2H3,(H2,20,22,23). The molecule has 26 heavy (non-hydrogen) atoms. The molecule has 0 fully saturated rings. The molecule has 142 valence electrons. The van der Waals surface area contributed by atoms with E-state index in [4.69, 9.17) is 14.6 Å². The molecule has 0 bridgehead atoms. The van der Waals surface area contributed by atoms with Crippen LogP contribution in [0.2, 0.25) is 0 Å². The summed E-state index contributed by atoms with van der Waals surface area (Å²) >= 11 is 3.52. The van der Waals surface area contributed by atoms with Gasteiger partial charge in [-0.25, -0.2) is 13.6 Å². The molecule has 0 aromatic heterocycles. The Balaban J connectivity index is 1.91. The molecule has 0 saturated carbocycles. The van der Waals surface area contributed by atoms with Crippen molar-refractivity contribution in [1.82, 2.24) is 5.32 Å². The molecule has 8 heteroatoms. The Labute approximate surface area is 162 Å². The minimum absolute atomic E-state index is 0.126. The Kier molecular flexibility index (Phi) is 7.45. The second-order valence-electron chi connectivity index (χ2n) is 5.66. The third-order valence-corrected chi connectivity index (χ3v) is 5.27. The lowest BCUT2D eigenvalue weighted by molar-refractivity contribution is 0.308. The second-order valence-corrected chi connectivity index (χ2v) is 8.07. The van der Waals surface area contributed by atoms with Crippen LogP contribution in [0.1, 0.15) is 18.1 Å². The van der Waals surface area contributed by atoms with E-state index >= 15 is 0 Å². The van der Waals surface area contributed by atoms with Crippen molar-refractivity contribution in [2.24, 2.45) is 5.14 Å². The first-order chi connectivity index (χ1) is 12.3. The number of nitrogens with one attached hydrogen (secondary N) is 1. The van der Waals surface area contributed by atoms with Gasteiger partial charge in [0.25, 0.3) is 0 Å². The molecular weight excluding hydrogens is 420 g/mol. The molecule has 3 N–H and O–H groups in total. The number of sulfonamides is 1. The van der Waals surface area contributed by atoms with E-state index in [1.54, 1.807) is 19.2 Å². The molecule has 0 aliphatic heterocycles. The summed E-state index contributed by atoms with van der Waals surface area (Å²) in [6, 6.07) is 10.6. The fraction of sp³-hybridized carbons (Fsp3) is 0.333. The second kappa shape index (κ2) is 9.36. The average Bonchev–Trinajstić information content (AvgIpc) is 2.60. The summed E-state index contributed by atoms with van der Waals surface area (Å²) in [7, 11) is -2.02. The first kappa shape index (κ1) is 20.7. The zero-order valence-electron chi connectivity index (χ0n) is 14.8. The van der Waals surface area contributed by atoms with Crippen LogP contribution in [0.3, 0.4) is 0 Å². The topological polar surface area (TPSA) is 90.6 Å². The number of benzene rings is 2. The van der Waals surface area contributed by atoms with Crippen molar-refractivity contribution in [3.63, 3.8) is 0 Å². The van der Waals surface area contributed by atoms with Gasteiger partial charge in [0, 0.05) is 6.54 Å². The molecule has 6 nitrogen and oxygen atoms in total. The Morgan fingerprint density at radius 3 is 2.42 bits per heavy atom. The third kappa shape index (κ3) is 5.70. The van der Waals surface area contributed by atoms with Gasteiger partial charge in [0.2, 0.25) is 10.0 Å². The predicted molar refractivity (Wildman–Crippen MR) is 105 cm³/mol. The largest absolute Gasteiger partial charge is 0.493 e. The van der Waals surface area contributed by atoms with Crippen LogP contribution in [-0.2, 0) is 23.0 Å². The molecule has 0 unspecified atom stereocenters. The fourth-order valence-corrected chi connectivity index (χ4v) is 3.59. The van der Waals surface area contributed by atoms with E-state index in [2.05, 4.69) is 21.2 Å². The smallest absolute Gasteiger partial charge is 0.238 e. The van der Waals surface area contributed by atoms with Crippen LogP contribution < -0.4 is 19.9 Å².